The van der Waals surface area contributed by atoms with E-state index >= 15 is 0 Å². The molecule has 0 amide bonds. The summed E-state index contributed by atoms with van der Waals surface area (Å²) in [4.78, 5) is 42.0. The Balaban J connectivity index is 1.82. The fourth-order valence-corrected chi connectivity index (χ4v) is 4.49. The summed E-state index contributed by atoms with van der Waals surface area (Å²) in [6, 6.07) is 20.7. The summed E-state index contributed by atoms with van der Waals surface area (Å²) in [5.41, 5.74) is 3.82. The highest BCUT2D eigenvalue weighted by Gasteiger charge is 2.19. The smallest absolute Gasteiger partial charge is 0.336 e. The molecule has 0 radical (unpaired) electrons. The van der Waals surface area contributed by atoms with Crippen LogP contribution in [0.5, 0.6) is 0 Å². The Labute approximate surface area is 214 Å². The van der Waals surface area contributed by atoms with Crippen molar-refractivity contribution >= 4 is 11.9 Å². The fourth-order valence-electron chi connectivity index (χ4n) is 4.49. The molecule has 1 heterocycles. The molecule has 0 atom stereocenters. The van der Waals surface area contributed by atoms with E-state index in [0.29, 0.717) is 40.2 Å². The molecular formula is C30H28N2O5. The number of rotatable bonds is 9. The Bertz CT molecular complexity index is 1520. The first kappa shape index (κ1) is 25.6. The normalized spacial score (nSPS) is 10.9. The maximum Gasteiger partial charge on any atom is 0.336 e. The van der Waals surface area contributed by atoms with Crippen LogP contribution in [0.2, 0.25) is 0 Å². The van der Waals surface area contributed by atoms with Crippen LogP contribution < -0.4 is 5.56 Å². The first-order valence-corrected chi connectivity index (χ1v) is 12.2. The summed E-state index contributed by atoms with van der Waals surface area (Å²) in [6.45, 7) is 3.92. The molecule has 0 saturated heterocycles. The van der Waals surface area contributed by atoms with Gasteiger partial charge in [-0.3, -0.25) is 9.36 Å². The SMILES string of the molecule is CCCCc1nc(C)n(Cc2ccccc2C(=O)O)c(=O)c1-c1ccc(-c2ccccc2C(=O)O)cc1. The van der Waals surface area contributed by atoms with Crippen molar-refractivity contribution in [1.82, 2.24) is 9.55 Å². The number of carbonyl (C=O) groups is 2. The van der Waals surface area contributed by atoms with Gasteiger partial charge >= 0.3 is 11.9 Å². The Morgan fingerprint density at radius 3 is 2.08 bits per heavy atom. The molecule has 3 aromatic carbocycles. The minimum Gasteiger partial charge on any atom is -0.478 e. The number of aromatic carboxylic acids is 2. The van der Waals surface area contributed by atoms with Gasteiger partial charge in [0.15, 0.2) is 0 Å². The third-order valence-corrected chi connectivity index (χ3v) is 6.42. The Morgan fingerprint density at radius 1 is 0.838 bits per heavy atom. The first-order valence-electron chi connectivity index (χ1n) is 12.2. The predicted octanol–water partition coefficient (Wildman–Crippen LogP) is 5.67. The monoisotopic (exact) mass is 496 g/mol. The summed E-state index contributed by atoms with van der Waals surface area (Å²) in [5.74, 6) is -1.54. The zero-order valence-electron chi connectivity index (χ0n) is 20.8. The number of unbranched alkanes of at least 4 members (excludes halogenated alkanes) is 1. The van der Waals surface area contributed by atoms with Gasteiger partial charge in [-0.1, -0.05) is 74.0 Å². The van der Waals surface area contributed by atoms with Crippen LogP contribution in [0.15, 0.2) is 77.6 Å². The van der Waals surface area contributed by atoms with Gasteiger partial charge in [-0.2, -0.15) is 0 Å². The van der Waals surface area contributed by atoms with Gasteiger partial charge in [0.1, 0.15) is 5.82 Å². The van der Waals surface area contributed by atoms with E-state index in [2.05, 4.69) is 6.92 Å². The number of hydrogen-bond acceptors (Lipinski definition) is 4. The van der Waals surface area contributed by atoms with Crippen LogP contribution in [-0.4, -0.2) is 31.7 Å². The number of benzene rings is 3. The summed E-state index contributed by atoms with van der Waals surface area (Å²) >= 11 is 0. The summed E-state index contributed by atoms with van der Waals surface area (Å²) in [7, 11) is 0. The van der Waals surface area contributed by atoms with E-state index in [-0.39, 0.29) is 23.2 Å². The van der Waals surface area contributed by atoms with Crippen LogP contribution in [0, 0.1) is 6.92 Å². The molecule has 0 aliphatic carbocycles. The van der Waals surface area contributed by atoms with E-state index in [1.165, 1.54) is 10.6 Å². The second-order valence-electron chi connectivity index (χ2n) is 8.87. The minimum absolute atomic E-state index is 0.0886. The third kappa shape index (κ3) is 5.35. The van der Waals surface area contributed by atoms with Gasteiger partial charge in [0, 0.05) is 0 Å². The molecule has 4 rings (SSSR count). The molecule has 0 unspecified atom stereocenters. The van der Waals surface area contributed by atoms with Crippen molar-refractivity contribution in [2.24, 2.45) is 0 Å². The van der Waals surface area contributed by atoms with E-state index in [0.717, 1.165) is 18.4 Å². The van der Waals surface area contributed by atoms with Crippen molar-refractivity contribution < 1.29 is 19.8 Å². The van der Waals surface area contributed by atoms with Crippen molar-refractivity contribution in [3.63, 3.8) is 0 Å². The van der Waals surface area contributed by atoms with Crippen LogP contribution in [0.1, 0.15) is 57.6 Å². The lowest BCUT2D eigenvalue weighted by atomic mass is 9.96. The Hall–Kier alpha value is -4.52. The molecule has 37 heavy (non-hydrogen) atoms. The van der Waals surface area contributed by atoms with Crippen molar-refractivity contribution in [2.45, 2.75) is 39.7 Å². The molecule has 1 aromatic heterocycles. The van der Waals surface area contributed by atoms with Gasteiger partial charge in [-0.05, 0) is 54.2 Å². The Kier molecular flexibility index (Phi) is 7.63. The maximum absolute atomic E-state index is 13.9. The lowest BCUT2D eigenvalue weighted by Crippen LogP contribution is -2.28. The molecular weight excluding hydrogens is 468 g/mol. The van der Waals surface area contributed by atoms with E-state index in [1.54, 1.807) is 49.4 Å². The zero-order chi connectivity index (χ0) is 26.5. The van der Waals surface area contributed by atoms with Crippen molar-refractivity contribution in [3.8, 4) is 22.3 Å². The summed E-state index contributed by atoms with van der Waals surface area (Å²) in [5, 5.41) is 19.1. The predicted molar refractivity (Wildman–Crippen MR) is 142 cm³/mol. The number of carboxylic acid groups (broad SMARTS) is 2. The van der Waals surface area contributed by atoms with Crippen molar-refractivity contribution in [2.75, 3.05) is 0 Å². The molecule has 188 valence electrons. The van der Waals surface area contributed by atoms with Crippen LogP contribution in [0.4, 0.5) is 0 Å². The van der Waals surface area contributed by atoms with Gasteiger partial charge in [0.05, 0.1) is 28.9 Å². The number of hydrogen-bond donors (Lipinski definition) is 2. The number of nitrogens with zero attached hydrogens (tertiary/aromatic N) is 2. The molecule has 0 bridgehead atoms. The zero-order valence-corrected chi connectivity index (χ0v) is 20.8. The number of carboxylic acids is 2. The molecule has 0 saturated carbocycles. The summed E-state index contributed by atoms with van der Waals surface area (Å²) < 4.78 is 1.51. The molecule has 0 fully saturated rings. The van der Waals surface area contributed by atoms with E-state index in [9.17, 15) is 24.6 Å². The second-order valence-corrected chi connectivity index (χ2v) is 8.87. The molecule has 2 N–H and O–H groups in total. The fraction of sp³-hybridized carbons (Fsp3) is 0.200. The van der Waals surface area contributed by atoms with Gasteiger partial charge in [-0.15, -0.1) is 0 Å². The number of aromatic nitrogens is 2. The first-order chi connectivity index (χ1) is 17.8. The summed E-state index contributed by atoms with van der Waals surface area (Å²) in [6.07, 6.45) is 2.45. The van der Waals surface area contributed by atoms with Gasteiger partial charge in [-0.25, -0.2) is 14.6 Å². The Morgan fingerprint density at radius 2 is 1.43 bits per heavy atom. The van der Waals surface area contributed by atoms with Crippen LogP contribution in [0.3, 0.4) is 0 Å². The van der Waals surface area contributed by atoms with Crippen molar-refractivity contribution in [3.05, 3.63) is 111 Å². The van der Waals surface area contributed by atoms with Crippen LogP contribution in [0.25, 0.3) is 22.3 Å². The highest BCUT2D eigenvalue weighted by Crippen LogP contribution is 2.28. The molecule has 7 heteroatoms. The van der Waals surface area contributed by atoms with Gasteiger partial charge in [0.2, 0.25) is 0 Å². The molecule has 7 nitrogen and oxygen atoms in total. The molecule has 4 aromatic rings. The average Bonchev–Trinajstić information content (AvgIpc) is 2.90. The lowest BCUT2D eigenvalue weighted by molar-refractivity contribution is 0.0685. The second kappa shape index (κ2) is 11.0. The molecule has 0 aliphatic heterocycles. The largest absolute Gasteiger partial charge is 0.478 e. The van der Waals surface area contributed by atoms with E-state index < -0.39 is 11.9 Å². The highest BCUT2D eigenvalue weighted by molar-refractivity contribution is 5.96. The van der Waals surface area contributed by atoms with E-state index in [1.807, 2.05) is 24.3 Å². The van der Waals surface area contributed by atoms with Gasteiger partial charge in [0.25, 0.3) is 5.56 Å². The van der Waals surface area contributed by atoms with Crippen LogP contribution in [-0.2, 0) is 13.0 Å². The van der Waals surface area contributed by atoms with Gasteiger partial charge < -0.3 is 10.2 Å². The highest BCUT2D eigenvalue weighted by atomic mass is 16.4. The maximum atomic E-state index is 13.9. The molecule has 0 spiro atoms. The minimum atomic E-state index is -1.05. The van der Waals surface area contributed by atoms with Crippen molar-refractivity contribution in [1.29, 1.82) is 0 Å². The topological polar surface area (TPSA) is 109 Å². The average molecular weight is 497 g/mol. The quantitative estimate of drug-likeness (QED) is 0.309. The number of aryl methyl sites for hydroxylation is 2. The molecule has 0 aliphatic rings. The third-order valence-electron chi connectivity index (χ3n) is 6.42. The van der Waals surface area contributed by atoms with E-state index in [4.69, 9.17) is 4.98 Å². The lowest BCUT2D eigenvalue weighted by Gasteiger charge is -2.17. The van der Waals surface area contributed by atoms with Crippen LogP contribution >= 0.6 is 0 Å². The standard InChI is InChI=1S/C30H28N2O5/c1-3-4-13-26-27(21-16-14-20(15-17-21)23-10-7-8-12-25(23)30(36)37)28(33)32(19(2)31-26)18-22-9-5-6-11-24(22)29(34)35/h5-12,14-17H,3-4,13,18H2,1-2H3,(H,34,35)(H,36,37).